The van der Waals surface area contributed by atoms with Crippen LogP contribution in [0.15, 0.2) is 66.9 Å². The van der Waals surface area contributed by atoms with Crippen LogP contribution in [0.25, 0.3) is 0 Å². The molecule has 0 spiro atoms. The van der Waals surface area contributed by atoms with Gasteiger partial charge in [-0.3, -0.25) is 9.78 Å². The minimum Gasteiger partial charge on any atom is -0.396 e. The van der Waals surface area contributed by atoms with Crippen molar-refractivity contribution in [1.29, 1.82) is 0 Å². The zero-order valence-electron chi connectivity index (χ0n) is 12.8. The summed E-state index contributed by atoms with van der Waals surface area (Å²) in [5.74, 6) is -0.0296. The van der Waals surface area contributed by atoms with Gasteiger partial charge in [-0.1, -0.05) is 42.5 Å². The van der Waals surface area contributed by atoms with Crippen LogP contribution in [0.3, 0.4) is 0 Å². The molecule has 4 heteroatoms. The molecule has 0 amide bonds. The van der Waals surface area contributed by atoms with E-state index in [0.717, 1.165) is 17.1 Å². The van der Waals surface area contributed by atoms with Gasteiger partial charge in [0.15, 0.2) is 5.78 Å². The molecule has 0 bridgehead atoms. The standard InChI is InChI=1S/C19H17N3O/c1-13-18(20)17(11-12-21-13)22-16-10-6-5-9-15(16)19(23)14-7-3-2-4-8-14/h2-12H,20H2,1H3,(H,21,22). The third-order valence-electron chi connectivity index (χ3n) is 3.67. The SMILES string of the molecule is Cc1nccc(Nc2ccccc2C(=O)c2ccccc2)c1N. The fourth-order valence-corrected chi connectivity index (χ4v) is 2.37. The van der Waals surface area contributed by atoms with Crippen LogP contribution in [-0.4, -0.2) is 10.8 Å². The number of aryl methyl sites for hydroxylation is 1. The molecule has 1 heterocycles. The van der Waals surface area contributed by atoms with Gasteiger partial charge in [-0.05, 0) is 25.1 Å². The van der Waals surface area contributed by atoms with Gasteiger partial charge in [0.05, 0.1) is 17.1 Å². The van der Waals surface area contributed by atoms with Crippen LogP contribution in [0.5, 0.6) is 0 Å². The topological polar surface area (TPSA) is 68.0 Å². The number of nitrogens with one attached hydrogen (secondary N) is 1. The van der Waals surface area contributed by atoms with E-state index in [1.54, 1.807) is 12.3 Å². The van der Waals surface area contributed by atoms with Crippen molar-refractivity contribution in [2.24, 2.45) is 0 Å². The number of para-hydroxylation sites is 1. The molecule has 2 aromatic carbocycles. The van der Waals surface area contributed by atoms with Crippen LogP contribution in [0.4, 0.5) is 17.1 Å². The highest BCUT2D eigenvalue weighted by Crippen LogP contribution is 2.27. The average molecular weight is 303 g/mol. The van der Waals surface area contributed by atoms with Crippen LogP contribution >= 0.6 is 0 Å². The number of carbonyl (C=O) groups excluding carboxylic acids is 1. The van der Waals surface area contributed by atoms with Crippen molar-refractivity contribution in [2.45, 2.75) is 6.92 Å². The Labute approximate surface area is 135 Å². The number of nitrogen functional groups attached to an aromatic ring is 1. The predicted octanol–water partition coefficient (Wildman–Crippen LogP) is 3.95. The molecule has 0 atom stereocenters. The number of nitrogens with two attached hydrogens (primary N) is 1. The van der Waals surface area contributed by atoms with Gasteiger partial charge in [0.2, 0.25) is 0 Å². The van der Waals surface area contributed by atoms with Gasteiger partial charge in [-0.15, -0.1) is 0 Å². The highest BCUT2D eigenvalue weighted by molar-refractivity contribution is 6.12. The maximum Gasteiger partial charge on any atom is 0.195 e. The third kappa shape index (κ3) is 3.06. The summed E-state index contributed by atoms with van der Waals surface area (Å²) < 4.78 is 0. The van der Waals surface area contributed by atoms with Crippen LogP contribution in [0, 0.1) is 6.92 Å². The Bertz CT molecular complexity index is 844. The third-order valence-corrected chi connectivity index (χ3v) is 3.67. The van der Waals surface area contributed by atoms with E-state index in [4.69, 9.17) is 5.73 Å². The molecule has 0 aliphatic carbocycles. The molecule has 3 aromatic rings. The van der Waals surface area contributed by atoms with E-state index in [1.165, 1.54) is 0 Å². The lowest BCUT2D eigenvalue weighted by molar-refractivity contribution is 0.103. The summed E-state index contributed by atoms with van der Waals surface area (Å²) in [6, 6.07) is 18.4. The van der Waals surface area contributed by atoms with E-state index < -0.39 is 0 Å². The summed E-state index contributed by atoms with van der Waals surface area (Å²) >= 11 is 0. The molecule has 0 saturated heterocycles. The second-order valence-corrected chi connectivity index (χ2v) is 5.22. The van der Waals surface area contributed by atoms with E-state index in [9.17, 15) is 4.79 Å². The van der Waals surface area contributed by atoms with Gasteiger partial charge in [-0.25, -0.2) is 0 Å². The summed E-state index contributed by atoms with van der Waals surface area (Å²) in [6.45, 7) is 1.85. The van der Waals surface area contributed by atoms with Gasteiger partial charge >= 0.3 is 0 Å². The molecule has 1 aromatic heterocycles. The molecule has 0 fully saturated rings. The van der Waals surface area contributed by atoms with E-state index in [2.05, 4.69) is 10.3 Å². The van der Waals surface area contributed by atoms with Crippen molar-refractivity contribution < 1.29 is 4.79 Å². The summed E-state index contributed by atoms with van der Waals surface area (Å²) in [6.07, 6.45) is 1.69. The molecule has 4 nitrogen and oxygen atoms in total. The second kappa shape index (κ2) is 6.32. The summed E-state index contributed by atoms with van der Waals surface area (Å²) in [7, 11) is 0. The number of hydrogen-bond acceptors (Lipinski definition) is 4. The lowest BCUT2D eigenvalue weighted by Gasteiger charge is -2.14. The number of nitrogens with zero attached hydrogens (tertiary/aromatic N) is 1. The lowest BCUT2D eigenvalue weighted by Crippen LogP contribution is -2.06. The fraction of sp³-hybridized carbons (Fsp3) is 0.0526. The minimum absolute atomic E-state index is 0.0296. The van der Waals surface area contributed by atoms with Gasteiger partial charge in [0.25, 0.3) is 0 Å². The first-order valence-corrected chi connectivity index (χ1v) is 7.33. The van der Waals surface area contributed by atoms with Crippen LogP contribution in [0.1, 0.15) is 21.6 Å². The largest absolute Gasteiger partial charge is 0.396 e. The summed E-state index contributed by atoms with van der Waals surface area (Å²) in [4.78, 5) is 16.9. The molecule has 0 aliphatic heterocycles. The molecule has 3 rings (SSSR count). The Morgan fingerprint density at radius 1 is 0.957 bits per heavy atom. The zero-order valence-corrected chi connectivity index (χ0v) is 12.8. The van der Waals surface area contributed by atoms with Crippen LogP contribution in [-0.2, 0) is 0 Å². The normalized spacial score (nSPS) is 10.3. The molecular formula is C19H17N3O. The van der Waals surface area contributed by atoms with Crippen molar-refractivity contribution in [2.75, 3.05) is 11.1 Å². The smallest absolute Gasteiger partial charge is 0.195 e. The minimum atomic E-state index is -0.0296. The van der Waals surface area contributed by atoms with Gasteiger partial charge in [0, 0.05) is 23.0 Å². The Morgan fingerprint density at radius 2 is 1.65 bits per heavy atom. The van der Waals surface area contributed by atoms with Crippen molar-refractivity contribution in [3.8, 4) is 0 Å². The Kier molecular flexibility index (Phi) is 4.06. The monoisotopic (exact) mass is 303 g/mol. The zero-order chi connectivity index (χ0) is 16.2. The number of benzene rings is 2. The molecule has 0 unspecified atom stereocenters. The number of aromatic nitrogens is 1. The summed E-state index contributed by atoms with van der Waals surface area (Å²) in [5.41, 5.74) is 10.1. The Balaban J connectivity index is 1.98. The number of carbonyl (C=O) groups is 1. The van der Waals surface area contributed by atoms with Gasteiger partial charge in [-0.2, -0.15) is 0 Å². The molecule has 0 aliphatic rings. The average Bonchev–Trinajstić information content (AvgIpc) is 2.60. The maximum absolute atomic E-state index is 12.7. The van der Waals surface area contributed by atoms with E-state index in [0.29, 0.717) is 16.8 Å². The van der Waals surface area contributed by atoms with E-state index in [1.807, 2.05) is 61.5 Å². The molecule has 3 N–H and O–H groups in total. The first kappa shape index (κ1) is 14.8. The molecule has 0 radical (unpaired) electrons. The van der Waals surface area contributed by atoms with Crippen molar-refractivity contribution in [1.82, 2.24) is 4.98 Å². The van der Waals surface area contributed by atoms with Crippen LogP contribution < -0.4 is 11.1 Å². The first-order valence-electron chi connectivity index (χ1n) is 7.33. The number of pyridine rings is 1. The predicted molar refractivity (Wildman–Crippen MR) is 93.0 cm³/mol. The number of anilines is 3. The summed E-state index contributed by atoms with van der Waals surface area (Å²) in [5, 5.41) is 3.25. The molecular weight excluding hydrogens is 286 g/mol. The number of hydrogen-bond donors (Lipinski definition) is 2. The fourth-order valence-electron chi connectivity index (χ4n) is 2.37. The van der Waals surface area contributed by atoms with Gasteiger partial charge in [0.1, 0.15) is 0 Å². The lowest BCUT2D eigenvalue weighted by atomic mass is 10.0. The number of rotatable bonds is 4. The van der Waals surface area contributed by atoms with Crippen molar-refractivity contribution in [3.05, 3.63) is 83.7 Å². The van der Waals surface area contributed by atoms with Crippen molar-refractivity contribution in [3.63, 3.8) is 0 Å². The highest BCUT2D eigenvalue weighted by atomic mass is 16.1. The number of ketones is 1. The Hall–Kier alpha value is -3.14. The van der Waals surface area contributed by atoms with E-state index >= 15 is 0 Å². The molecule has 23 heavy (non-hydrogen) atoms. The highest BCUT2D eigenvalue weighted by Gasteiger charge is 2.14. The van der Waals surface area contributed by atoms with E-state index in [-0.39, 0.29) is 5.78 Å². The maximum atomic E-state index is 12.7. The van der Waals surface area contributed by atoms with Crippen LogP contribution in [0.2, 0.25) is 0 Å². The second-order valence-electron chi connectivity index (χ2n) is 5.22. The first-order chi connectivity index (χ1) is 11.2. The Morgan fingerprint density at radius 3 is 2.43 bits per heavy atom. The van der Waals surface area contributed by atoms with Crippen molar-refractivity contribution >= 4 is 22.8 Å². The quantitative estimate of drug-likeness (QED) is 0.716. The van der Waals surface area contributed by atoms with Gasteiger partial charge < -0.3 is 11.1 Å². The molecule has 114 valence electrons. The molecule has 0 saturated carbocycles.